The Morgan fingerprint density at radius 3 is 0.733 bits per heavy atom. The highest BCUT2D eigenvalue weighted by Gasteiger charge is 2.06. The van der Waals surface area contributed by atoms with Crippen LogP contribution < -0.4 is 0 Å². The minimum atomic E-state index is 1.09. The molecule has 0 aliphatic heterocycles. The van der Waals surface area contributed by atoms with Crippen LogP contribution in [-0.2, 0) is 0 Å². The molecule has 444 valence electrons. The predicted octanol–water partition coefficient (Wildman–Crippen LogP) is 25.7. The Labute approximate surface area is 538 Å². The summed E-state index contributed by atoms with van der Waals surface area (Å²) < 4.78 is 0. The summed E-state index contributed by atoms with van der Waals surface area (Å²) >= 11 is 0. The van der Waals surface area contributed by atoms with Crippen LogP contribution in [0.4, 0.5) is 0 Å². The van der Waals surface area contributed by atoms with Gasteiger partial charge in [0, 0.05) is 0 Å². The van der Waals surface area contributed by atoms with Crippen molar-refractivity contribution in [1.82, 2.24) is 0 Å². The second kappa shape index (κ2) is 34.0. The maximum absolute atomic E-state index is 3.85. The van der Waals surface area contributed by atoms with Gasteiger partial charge in [-0.25, -0.2) is 0 Å². The lowest BCUT2D eigenvalue weighted by Crippen LogP contribution is -1.84. The third-order valence-corrected chi connectivity index (χ3v) is 15.5. The van der Waals surface area contributed by atoms with Crippen LogP contribution in [0, 0.1) is 41.5 Å². The molecule has 0 heteroatoms. The van der Waals surface area contributed by atoms with Crippen molar-refractivity contribution in [3.8, 4) is 77.9 Å². The zero-order valence-corrected chi connectivity index (χ0v) is 53.7. The summed E-state index contributed by atoms with van der Waals surface area (Å²) in [7, 11) is 0. The quantitative estimate of drug-likeness (QED) is 0.107. The molecule has 90 heavy (non-hydrogen) atoms. The molecule has 0 atom stereocenters. The van der Waals surface area contributed by atoms with Crippen LogP contribution in [-0.4, -0.2) is 0 Å². The van der Waals surface area contributed by atoms with Crippen molar-refractivity contribution < 1.29 is 0 Å². The highest BCUT2D eigenvalue weighted by molar-refractivity contribution is 5.80. The SMILES string of the molecule is C/C=C\C(=C/C)c1cccc(-c2ccc(C)cc2)c1.C=C/C=C(\C=C)c1cccc(-c2ccc(C)cc2)c1.Cc1ccc(-c2ccc(C)cc2)cc1.Cc1ccc(-c2cccc(-c3ccccc3)c2)cc1.Cc1ccc(-c2cccc(-c3ccccc3)c2)cc1. The third-order valence-electron chi connectivity index (χ3n) is 15.5. The van der Waals surface area contributed by atoms with Gasteiger partial charge >= 0.3 is 0 Å². The van der Waals surface area contributed by atoms with E-state index in [9.17, 15) is 0 Å². The molecule has 0 bridgehead atoms. The fourth-order valence-corrected chi connectivity index (χ4v) is 10.2. The first kappa shape index (κ1) is 65.3. The first-order chi connectivity index (χ1) is 43.9. The number of hydrogen-bond acceptors (Lipinski definition) is 0. The summed E-state index contributed by atoms with van der Waals surface area (Å²) in [4.78, 5) is 0. The average molecular weight is 1170 g/mol. The second-order valence-electron chi connectivity index (χ2n) is 22.6. The minimum Gasteiger partial charge on any atom is -0.0990 e. The molecule has 0 spiro atoms. The van der Waals surface area contributed by atoms with Crippen LogP contribution in [0.3, 0.4) is 0 Å². The molecule has 0 aromatic heterocycles. The maximum atomic E-state index is 3.85. The Balaban J connectivity index is 0.000000146. The van der Waals surface area contributed by atoms with Crippen LogP contribution in [0.2, 0.25) is 0 Å². The lowest BCUT2D eigenvalue weighted by atomic mass is 9.98. The van der Waals surface area contributed by atoms with Gasteiger partial charge in [0.1, 0.15) is 0 Å². The van der Waals surface area contributed by atoms with Gasteiger partial charge in [0.15, 0.2) is 0 Å². The van der Waals surface area contributed by atoms with E-state index in [0.29, 0.717) is 0 Å². The van der Waals surface area contributed by atoms with E-state index >= 15 is 0 Å². The zero-order valence-electron chi connectivity index (χ0n) is 53.7. The van der Waals surface area contributed by atoms with Crippen LogP contribution >= 0.6 is 0 Å². The summed E-state index contributed by atoms with van der Waals surface area (Å²) in [5, 5.41) is 0. The molecular weight excluding hydrogens is 1080 g/mol. The fourth-order valence-electron chi connectivity index (χ4n) is 10.2. The number of rotatable bonds is 12. The summed E-state index contributed by atoms with van der Waals surface area (Å²) in [5.74, 6) is 0. The van der Waals surface area contributed by atoms with E-state index in [1.165, 1.54) is 122 Å². The number of aryl methyl sites for hydroxylation is 6. The lowest BCUT2D eigenvalue weighted by Gasteiger charge is -2.07. The summed E-state index contributed by atoms with van der Waals surface area (Å²) in [6.45, 7) is 24.4. The van der Waals surface area contributed by atoms with Gasteiger partial charge in [-0.15, -0.1) is 0 Å². The molecule has 0 saturated carbocycles. The Bertz CT molecular complexity index is 4080. The van der Waals surface area contributed by atoms with Crippen LogP contribution in [0.5, 0.6) is 0 Å². The lowest BCUT2D eigenvalue weighted by molar-refractivity contribution is 1.45. The molecule has 0 saturated heterocycles. The molecule has 0 N–H and O–H groups in total. The van der Waals surface area contributed by atoms with E-state index in [1.54, 1.807) is 6.08 Å². The zero-order chi connectivity index (χ0) is 63.5. The van der Waals surface area contributed by atoms with E-state index in [1.807, 2.05) is 31.2 Å². The van der Waals surface area contributed by atoms with E-state index in [4.69, 9.17) is 0 Å². The molecule has 12 aromatic carbocycles. The molecule has 0 radical (unpaired) electrons. The molecule has 0 heterocycles. The average Bonchev–Trinajstić information content (AvgIpc) is 1.50. The number of hydrogen-bond donors (Lipinski definition) is 0. The molecule has 0 aliphatic carbocycles. The van der Waals surface area contributed by atoms with Crippen molar-refractivity contribution in [3.63, 3.8) is 0 Å². The summed E-state index contributed by atoms with van der Waals surface area (Å²) in [5.41, 5.74) is 30.2. The third kappa shape index (κ3) is 19.7. The topological polar surface area (TPSA) is 0 Å². The number of allylic oxidation sites excluding steroid dienone is 8. The Kier molecular flexibility index (Phi) is 24.7. The van der Waals surface area contributed by atoms with E-state index in [2.05, 4.69) is 371 Å². The van der Waals surface area contributed by atoms with Crippen LogP contribution in [0.1, 0.15) is 58.4 Å². The van der Waals surface area contributed by atoms with Crippen molar-refractivity contribution in [2.24, 2.45) is 0 Å². The van der Waals surface area contributed by atoms with E-state index < -0.39 is 0 Å². The molecule has 0 nitrogen and oxygen atoms in total. The second-order valence-corrected chi connectivity index (χ2v) is 22.6. The highest BCUT2D eigenvalue weighted by Crippen LogP contribution is 2.30. The van der Waals surface area contributed by atoms with Gasteiger partial charge in [-0.05, 0) is 180 Å². The van der Waals surface area contributed by atoms with Gasteiger partial charge in [-0.2, -0.15) is 0 Å². The fraction of sp³-hybridized carbons (Fsp3) is 0.0889. The van der Waals surface area contributed by atoms with Gasteiger partial charge in [-0.1, -0.05) is 362 Å². The van der Waals surface area contributed by atoms with Crippen molar-refractivity contribution in [3.05, 3.63) is 397 Å². The first-order valence-electron chi connectivity index (χ1n) is 31.1. The van der Waals surface area contributed by atoms with Crippen LogP contribution in [0.15, 0.2) is 353 Å². The van der Waals surface area contributed by atoms with Gasteiger partial charge < -0.3 is 0 Å². The maximum Gasteiger partial charge on any atom is -0.0178 e. The predicted molar refractivity (Wildman–Crippen MR) is 396 cm³/mol. The molecule has 0 aliphatic rings. The molecular formula is C90H84. The Morgan fingerprint density at radius 1 is 0.244 bits per heavy atom. The highest BCUT2D eigenvalue weighted by atomic mass is 14.1. The number of benzene rings is 12. The summed E-state index contributed by atoms with van der Waals surface area (Å²) in [6.07, 6.45) is 12.0. The molecule has 12 rings (SSSR count). The van der Waals surface area contributed by atoms with E-state index in [0.717, 1.165) is 11.1 Å². The largest absolute Gasteiger partial charge is 0.0990 e. The monoisotopic (exact) mass is 1160 g/mol. The molecule has 0 amide bonds. The van der Waals surface area contributed by atoms with Crippen molar-refractivity contribution in [2.75, 3.05) is 0 Å². The Morgan fingerprint density at radius 2 is 0.478 bits per heavy atom. The van der Waals surface area contributed by atoms with Crippen LogP contribution in [0.25, 0.3) is 89.0 Å². The van der Waals surface area contributed by atoms with Gasteiger partial charge in [-0.3, -0.25) is 0 Å². The van der Waals surface area contributed by atoms with Gasteiger partial charge in [0.25, 0.3) is 0 Å². The van der Waals surface area contributed by atoms with Gasteiger partial charge in [0.05, 0.1) is 0 Å². The van der Waals surface area contributed by atoms with E-state index in [-0.39, 0.29) is 0 Å². The molecule has 0 unspecified atom stereocenters. The normalized spacial score (nSPS) is 10.8. The van der Waals surface area contributed by atoms with Crippen molar-refractivity contribution in [1.29, 1.82) is 0 Å². The minimum absolute atomic E-state index is 1.09. The van der Waals surface area contributed by atoms with Crippen molar-refractivity contribution in [2.45, 2.75) is 55.4 Å². The van der Waals surface area contributed by atoms with Gasteiger partial charge in [0.2, 0.25) is 0 Å². The summed E-state index contributed by atoms with van der Waals surface area (Å²) in [6, 6.07) is 107. The standard InChI is InChI=1S/2C19H16.C19H20.C19H18.C14H14/c2*1-15-10-12-17(13-11-15)19-9-5-8-18(14-19)16-6-3-2-4-7-16;2*1-4-7-16(5-2)18-8-6-9-19(14-18)17-12-10-15(3)11-13-17;1-11-3-7-13(8-4-11)14-9-5-12(2)6-10-14/h2*2-14H,1H3;4-14H,1-3H3;4-14H,1-2H2,3H3;3-10H,1-2H3/b;;7-4-,16-5+;16-7+;. The molecule has 0 fully saturated rings. The smallest absolute Gasteiger partial charge is 0.0178 e. The Hall–Kier alpha value is -10.7. The first-order valence-corrected chi connectivity index (χ1v) is 31.1. The molecule has 12 aromatic rings. The van der Waals surface area contributed by atoms with Crippen molar-refractivity contribution >= 4 is 11.1 Å².